The normalized spacial score (nSPS) is 23.3. The molecule has 18 heavy (non-hydrogen) atoms. The molecular formula is C14H20N2O2. The van der Waals surface area contributed by atoms with Crippen LogP contribution in [-0.4, -0.2) is 31.8 Å². The molecule has 1 aromatic rings. The summed E-state index contributed by atoms with van der Waals surface area (Å²) in [5.41, 5.74) is 2.76. The van der Waals surface area contributed by atoms with Crippen LogP contribution in [0.3, 0.4) is 0 Å². The molecule has 0 spiro atoms. The lowest BCUT2D eigenvalue weighted by molar-refractivity contribution is 0.0734. The van der Waals surface area contributed by atoms with Crippen molar-refractivity contribution in [2.24, 2.45) is 0 Å². The molecule has 1 aliphatic rings. The smallest absolute Gasteiger partial charge is 0.415 e. The zero-order chi connectivity index (χ0) is 13.3. The number of nitrogens with zero attached hydrogens (tertiary/aromatic N) is 1. The maximum absolute atomic E-state index is 12.0. The zero-order valence-corrected chi connectivity index (χ0v) is 11.4. The number of carbonyl (C=O) groups is 1. The molecule has 0 aromatic heterocycles. The van der Waals surface area contributed by atoms with Crippen molar-refractivity contribution in [3.63, 3.8) is 0 Å². The third-order valence-corrected chi connectivity index (χ3v) is 3.12. The van der Waals surface area contributed by atoms with Crippen LogP contribution in [0, 0.1) is 13.8 Å². The van der Waals surface area contributed by atoms with Gasteiger partial charge < -0.3 is 10.1 Å². The average Bonchev–Trinajstić information content (AvgIpc) is 2.53. The molecule has 1 aliphatic heterocycles. The van der Waals surface area contributed by atoms with E-state index >= 15 is 0 Å². The highest BCUT2D eigenvalue weighted by atomic mass is 16.6. The molecule has 98 valence electrons. The number of hydrogen-bond donors (Lipinski definition) is 1. The summed E-state index contributed by atoms with van der Waals surface area (Å²) >= 11 is 0. The van der Waals surface area contributed by atoms with Gasteiger partial charge in [0.2, 0.25) is 0 Å². The van der Waals surface area contributed by atoms with Gasteiger partial charge in [-0.3, -0.25) is 4.90 Å². The lowest BCUT2D eigenvalue weighted by Crippen LogP contribution is -2.40. The third kappa shape index (κ3) is 2.48. The monoisotopic (exact) mass is 248 g/mol. The van der Waals surface area contributed by atoms with E-state index in [-0.39, 0.29) is 6.09 Å². The van der Waals surface area contributed by atoms with Crippen molar-refractivity contribution in [3.05, 3.63) is 29.3 Å². The first-order valence-corrected chi connectivity index (χ1v) is 6.17. The third-order valence-electron chi connectivity index (χ3n) is 3.12. The summed E-state index contributed by atoms with van der Waals surface area (Å²) in [5, 5.41) is 3.06. The molecule has 1 fully saturated rings. The van der Waals surface area contributed by atoms with Crippen LogP contribution in [0.2, 0.25) is 0 Å². The first-order chi connectivity index (χ1) is 8.43. The van der Waals surface area contributed by atoms with Crippen LogP contribution in [-0.2, 0) is 4.74 Å². The quantitative estimate of drug-likeness (QED) is 0.892. The minimum absolute atomic E-state index is 0.266. The molecular weight excluding hydrogens is 228 g/mol. The van der Waals surface area contributed by atoms with Crippen molar-refractivity contribution in [2.75, 3.05) is 25.0 Å². The Bertz CT molecular complexity index is 453. The molecule has 1 unspecified atom stereocenters. The Labute approximate surface area is 108 Å². The van der Waals surface area contributed by atoms with Gasteiger partial charge in [0, 0.05) is 12.2 Å². The second-order valence-electron chi connectivity index (χ2n) is 5.28. The van der Waals surface area contributed by atoms with Crippen molar-refractivity contribution in [2.45, 2.75) is 26.4 Å². The molecule has 1 atom stereocenters. The van der Waals surface area contributed by atoms with Crippen LogP contribution in [0.1, 0.15) is 18.1 Å². The molecule has 1 heterocycles. The van der Waals surface area contributed by atoms with Gasteiger partial charge in [0.25, 0.3) is 0 Å². The summed E-state index contributed by atoms with van der Waals surface area (Å²) in [6, 6.07) is 6.12. The van der Waals surface area contributed by atoms with Gasteiger partial charge in [-0.15, -0.1) is 0 Å². The number of anilines is 1. The van der Waals surface area contributed by atoms with Gasteiger partial charge in [-0.25, -0.2) is 4.79 Å². The second kappa shape index (κ2) is 4.61. The number of nitrogens with one attached hydrogen (secondary N) is 1. The maximum atomic E-state index is 12.0. The van der Waals surface area contributed by atoms with Gasteiger partial charge in [0.05, 0.1) is 6.54 Å². The second-order valence-corrected chi connectivity index (χ2v) is 5.28. The number of aryl methyl sites for hydroxylation is 2. The van der Waals surface area contributed by atoms with Gasteiger partial charge >= 0.3 is 6.09 Å². The molecule has 0 saturated carbocycles. The van der Waals surface area contributed by atoms with Gasteiger partial charge in [0.1, 0.15) is 5.60 Å². The number of benzene rings is 1. The van der Waals surface area contributed by atoms with Crippen LogP contribution in [0.4, 0.5) is 10.5 Å². The van der Waals surface area contributed by atoms with E-state index in [4.69, 9.17) is 4.74 Å². The van der Waals surface area contributed by atoms with Gasteiger partial charge in [-0.05, 0) is 51.1 Å². The molecule has 0 aliphatic carbocycles. The number of likely N-dealkylation sites (N-methyl/N-ethyl adjacent to an activating group) is 1. The Kier molecular flexibility index (Phi) is 3.30. The van der Waals surface area contributed by atoms with E-state index in [9.17, 15) is 4.79 Å². The van der Waals surface area contributed by atoms with E-state index in [1.54, 1.807) is 4.90 Å². The zero-order valence-electron chi connectivity index (χ0n) is 11.4. The first-order valence-electron chi connectivity index (χ1n) is 6.17. The largest absolute Gasteiger partial charge is 0.440 e. The minimum atomic E-state index is -0.455. The number of carbonyl (C=O) groups excluding carboxylic acids is 1. The van der Waals surface area contributed by atoms with Crippen molar-refractivity contribution in [1.29, 1.82) is 0 Å². The Morgan fingerprint density at radius 2 is 1.94 bits per heavy atom. The molecule has 1 amide bonds. The van der Waals surface area contributed by atoms with E-state index in [2.05, 4.69) is 11.4 Å². The van der Waals surface area contributed by atoms with Crippen LogP contribution in [0.5, 0.6) is 0 Å². The number of amides is 1. The van der Waals surface area contributed by atoms with Gasteiger partial charge in [-0.2, -0.15) is 0 Å². The van der Waals surface area contributed by atoms with Crippen molar-refractivity contribution >= 4 is 11.8 Å². The van der Waals surface area contributed by atoms with Crippen molar-refractivity contribution in [3.8, 4) is 0 Å². The minimum Gasteiger partial charge on any atom is -0.440 e. The van der Waals surface area contributed by atoms with Crippen molar-refractivity contribution < 1.29 is 9.53 Å². The SMILES string of the molecule is CNCC1(C)CN(c2cc(C)cc(C)c2)C(=O)O1. The predicted octanol–water partition coefficient (Wildman–Crippen LogP) is 2.24. The fraction of sp³-hybridized carbons (Fsp3) is 0.500. The Morgan fingerprint density at radius 1 is 1.33 bits per heavy atom. The predicted molar refractivity (Wildman–Crippen MR) is 72.1 cm³/mol. The van der Waals surface area contributed by atoms with Gasteiger partial charge in [0.15, 0.2) is 0 Å². The Balaban J connectivity index is 2.26. The Morgan fingerprint density at radius 3 is 2.50 bits per heavy atom. The maximum Gasteiger partial charge on any atom is 0.415 e. The summed E-state index contributed by atoms with van der Waals surface area (Å²) in [6.45, 7) is 7.25. The van der Waals surface area contributed by atoms with E-state index in [1.807, 2.05) is 40.0 Å². The van der Waals surface area contributed by atoms with Crippen LogP contribution in [0.15, 0.2) is 18.2 Å². The van der Waals surface area contributed by atoms with Gasteiger partial charge in [-0.1, -0.05) is 6.07 Å². The molecule has 4 heteroatoms. The Hall–Kier alpha value is -1.55. The van der Waals surface area contributed by atoms with Crippen LogP contribution < -0.4 is 10.2 Å². The molecule has 4 nitrogen and oxygen atoms in total. The topological polar surface area (TPSA) is 41.6 Å². The lowest BCUT2D eigenvalue weighted by atomic mass is 10.1. The number of hydrogen-bond acceptors (Lipinski definition) is 3. The summed E-state index contributed by atoms with van der Waals surface area (Å²) in [4.78, 5) is 13.7. The summed E-state index contributed by atoms with van der Waals surface area (Å²) in [5.74, 6) is 0. The summed E-state index contributed by atoms with van der Waals surface area (Å²) in [6.07, 6.45) is -0.266. The fourth-order valence-electron chi connectivity index (χ4n) is 2.47. The molecule has 0 bridgehead atoms. The number of cyclic esters (lactones) is 1. The number of rotatable bonds is 3. The molecule has 1 aromatic carbocycles. The highest BCUT2D eigenvalue weighted by Gasteiger charge is 2.41. The molecule has 0 radical (unpaired) electrons. The number of ether oxygens (including phenoxy) is 1. The summed E-state index contributed by atoms with van der Waals surface area (Å²) < 4.78 is 5.46. The average molecular weight is 248 g/mol. The van der Waals surface area contributed by atoms with E-state index < -0.39 is 5.60 Å². The highest BCUT2D eigenvalue weighted by molar-refractivity contribution is 5.90. The fourth-order valence-corrected chi connectivity index (χ4v) is 2.47. The van der Waals surface area contributed by atoms with E-state index in [0.29, 0.717) is 13.1 Å². The van der Waals surface area contributed by atoms with Crippen molar-refractivity contribution in [1.82, 2.24) is 5.32 Å². The summed E-state index contributed by atoms with van der Waals surface area (Å²) in [7, 11) is 1.86. The molecule has 2 rings (SSSR count). The lowest BCUT2D eigenvalue weighted by Gasteiger charge is -2.21. The van der Waals surface area contributed by atoms with Crippen LogP contribution in [0.25, 0.3) is 0 Å². The van der Waals surface area contributed by atoms with E-state index in [0.717, 1.165) is 16.8 Å². The highest BCUT2D eigenvalue weighted by Crippen LogP contribution is 2.28. The molecule has 1 N–H and O–H groups in total. The first kappa shape index (κ1) is 12.9. The van der Waals surface area contributed by atoms with Crippen LogP contribution >= 0.6 is 0 Å². The van der Waals surface area contributed by atoms with E-state index in [1.165, 1.54) is 0 Å². The standard InChI is InChI=1S/C14H20N2O2/c1-10-5-11(2)7-12(6-10)16-9-14(3,8-15-4)18-13(16)17/h5-7,15H,8-9H2,1-4H3. The molecule has 1 saturated heterocycles.